The van der Waals surface area contributed by atoms with E-state index in [4.69, 9.17) is 4.74 Å². The van der Waals surface area contributed by atoms with Gasteiger partial charge in [-0.15, -0.1) is 0 Å². The molecule has 0 bridgehead atoms. The first kappa shape index (κ1) is 18.0. The van der Waals surface area contributed by atoms with Gasteiger partial charge in [0.1, 0.15) is 0 Å². The lowest BCUT2D eigenvalue weighted by Crippen LogP contribution is -2.34. The summed E-state index contributed by atoms with van der Waals surface area (Å²) >= 11 is 0. The monoisotopic (exact) mass is 342 g/mol. The highest BCUT2D eigenvalue weighted by atomic mass is 16.5. The van der Waals surface area contributed by atoms with Gasteiger partial charge in [0, 0.05) is 17.6 Å². The Labute approximate surface area is 150 Å². The van der Waals surface area contributed by atoms with Crippen molar-refractivity contribution in [3.63, 3.8) is 0 Å². The van der Waals surface area contributed by atoms with Crippen LogP contribution in [0.5, 0.6) is 0 Å². The molecule has 2 aromatic rings. The van der Waals surface area contributed by atoms with E-state index in [1.165, 1.54) is 48.9 Å². The van der Waals surface area contributed by atoms with Gasteiger partial charge in [0.05, 0.1) is 6.61 Å². The van der Waals surface area contributed by atoms with Crippen molar-refractivity contribution in [1.82, 2.24) is 9.88 Å². The van der Waals surface area contributed by atoms with Gasteiger partial charge >= 0.3 is 5.97 Å². The van der Waals surface area contributed by atoms with E-state index in [-0.39, 0.29) is 5.97 Å². The fourth-order valence-electron chi connectivity index (χ4n) is 3.81. The summed E-state index contributed by atoms with van der Waals surface area (Å²) in [4.78, 5) is 17.4. The third-order valence-electron chi connectivity index (χ3n) is 5.28. The Morgan fingerprint density at radius 2 is 2.08 bits per heavy atom. The van der Waals surface area contributed by atoms with Crippen LogP contribution in [-0.2, 0) is 16.0 Å². The van der Waals surface area contributed by atoms with Crippen LogP contribution < -0.4 is 0 Å². The number of aryl methyl sites for hydroxylation is 1. The van der Waals surface area contributed by atoms with Crippen molar-refractivity contribution in [2.24, 2.45) is 5.92 Å². The van der Waals surface area contributed by atoms with Gasteiger partial charge in [0.25, 0.3) is 0 Å². The zero-order chi connectivity index (χ0) is 17.5. The molecule has 1 aromatic carbocycles. The Hall–Kier alpha value is -1.81. The molecule has 1 saturated heterocycles. The third-order valence-corrected chi connectivity index (χ3v) is 5.28. The largest absolute Gasteiger partial charge is 0.466 e. The van der Waals surface area contributed by atoms with E-state index in [0.29, 0.717) is 13.0 Å². The van der Waals surface area contributed by atoms with Gasteiger partial charge < -0.3 is 14.6 Å². The van der Waals surface area contributed by atoms with Crippen LogP contribution >= 0.6 is 0 Å². The standard InChI is InChI=1S/C21H30N2O2/c1-2-25-21(24)8-5-13-23-14-11-17(12-15-23)9-10-19-16-18-6-3-4-7-20(18)22-19/h3-4,6-7,16-17,22H,2,5,8-15H2,1H3. The fourth-order valence-corrected chi connectivity index (χ4v) is 3.81. The quantitative estimate of drug-likeness (QED) is 0.733. The molecule has 0 aliphatic carbocycles. The highest BCUT2D eigenvalue weighted by Gasteiger charge is 2.19. The fraction of sp³-hybridized carbons (Fsp3) is 0.571. The van der Waals surface area contributed by atoms with Gasteiger partial charge in [-0.2, -0.15) is 0 Å². The first-order valence-electron chi connectivity index (χ1n) is 9.69. The van der Waals surface area contributed by atoms with Crippen molar-refractivity contribution in [1.29, 1.82) is 0 Å². The minimum Gasteiger partial charge on any atom is -0.466 e. The smallest absolute Gasteiger partial charge is 0.305 e. The molecule has 0 atom stereocenters. The minimum atomic E-state index is -0.0595. The van der Waals surface area contributed by atoms with Gasteiger partial charge in [-0.25, -0.2) is 0 Å². The number of esters is 1. The third kappa shape index (κ3) is 5.33. The van der Waals surface area contributed by atoms with Crippen molar-refractivity contribution in [3.05, 3.63) is 36.0 Å². The number of hydrogen-bond acceptors (Lipinski definition) is 3. The lowest BCUT2D eigenvalue weighted by molar-refractivity contribution is -0.143. The average Bonchev–Trinajstić information content (AvgIpc) is 3.04. The van der Waals surface area contributed by atoms with E-state index >= 15 is 0 Å². The van der Waals surface area contributed by atoms with Gasteiger partial charge in [0.15, 0.2) is 0 Å². The first-order valence-corrected chi connectivity index (χ1v) is 9.69. The van der Waals surface area contributed by atoms with Gasteiger partial charge in [-0.05, 0) is 82.1 Å². The number of carbonyl (C=O) groups is 1. The highest BCUT2D eigenvalue weighted by molar-refractivity contribution is 5.80. The molecular formula is C21H30N2O2. The predicted octanol–water partition coefficient (Wildman–Crippen LogP) is 4.16. The molecule has 1 aliphatic rings. The summed E-state index contributed by atoms with van der Waals surface area (Å²) in [5.41, 5.74) is 2.60. The lowest BCUT2D eigenvalue weighted by atomic mass is 9.91. The number of hydrogen-bond donors (Lipinski definition) is 1. The maximum absolute atomic E-state index is 11.4. The van der Waals surface area contributed by atoms with E-state index in [1.807, 2.05) is 6.92 Å². The molecule has 1 fully saturated rings. The zero-order valence-electron chi connectivity index (χ0n) is 15.3. The SMILES string of the molecule is CCOC(=O)CCCN1CCC(CCc2cc3ccccc3[nH]2)CC1. The molecule has 0 amide bonds. The molecule has 1 aliphatic heterocycles. The molecule has 1 N–H and O–H groups in total. The summed E-state index contributed by atoms with van der Waals surface area (Å²) in [6.45, 7) is 5.70. The van der Waals surface area contributed by atoms with Crippen LogP contribution in [0.15, 0.2) is 30.3 Å². The number of likely N-dealkylation sites (tertiary alicyclic amines) is 1. The number of benzene rings is 1. The molecule has 3 rings (SSSR count). The first-order chi connectivity index (χ1) is 12.2. The summed E-state index contributed by atoms with van der Waals surface area (Å²) in [5, 5.41) is 1.31. The van der Waals surface area contributed by atoms with Crippen LogP contribution in [0.3, 0.4) is 0 Å². The second-order valence-electron chi connectivity index (χ2n) is 7.11. The Balaban J connectivity index is 1.34. The van der Waals surface area contributed by atoms with Gasteiger partial charge in [0.2, 0.25) is 0 Å². The summed E-state index contributed by atoms with van der Waals surface area (Å²) in [6.07, 6.45) is 6.43. The van der Waals surface area contributed by atoms with Crippen molar-refractivity contribution < 1.29 is 9.53 Å². The summed E-state index contributed by atoms with van der Waals surface area (Å²) in [7, 11) is 0. The molecule has 25 heavy (non-hydrogen) atoms. The zero-order valence-corrected chi connectivity index (χ0v) is 15.3. The molecule has 0 unspecified atom stereocenters. The van der Waals surface area contributed by atoms with Crippen molar-refractivity contribution >= 4 is 16.9 Å². The predicted molar refractivity (Wildman–Crippen MR) is 102 cm³/mol. The number of rotatable bonds is 8. The van der Waals surface area contributed by atoms with Crippen LogP contribution in [0.2, 0.25) is 0 Å². The maximum Gasteiger partial charge on any atom is 0.305 e. The molecule has 1 aromatic heterocycles. The number of ether oxygens (including phenoxy) is 1. The lowest BCUT2D eigenvalue weighted by Gasteiger charge is -2.31. The van der Waals surface area contributed by atoms with Crippen molar-refractivity contribution in [3.8, 4) is 0 Å². The Kier molecular flexibility index (Phi) is 6.51. The number of H-pyrrole nitrogens is 1. The molecule has 4 heteroatoms. The van der Waals surface area contributed by atoms with Crippen LogP contribution in [0.25, 0.3) is 10.9 Å². The van der Waals surface area contributed by atoms with E-state index in [2.05, 4.69) is 40.2 Å². The summed E-state index contributed by atoms with van der Waals surface area (Å²) < 4.78 is 4.98. The number of nitrogens with zero attached hydrogens (tertiary/aromatic N) is 1. The molecule has 0 radical (unpaired) electrons. The average molecular weight is 342 g/mol. The van der Waals surface area contributed by atoms with E-state index < -0.39 is 0 Å². The number of nitrogens with one attached hydrogen (secondary N) is 1. The van der Waals surface area contributed by atoms with Crippen molar-refractivity contribution in [2.45, 2.75) is 45.4 Å². The molecular weight excluding hydrogens is 312 g/mol. The topological polar surface area (TPSA) is 45.3 Å². The Morgan fingerprint density at radius 3 is 2.84 bits per heavy atom. The summed E-state index contributed by atoms with van der Waals surface area (Å²) in [6, 6.07) is 10.8. The number of para-hydroxylation sites is 1. The minimum absolute atomic E-state index is 0.0595. The van der Waals surface area contributed by atoms with E-state index in [1.54, 1.807) is 0 Å². The van der Waals surface area contributed by atoms with E-state index in [0.717, 1.165) is 25.3 Å². The Bertz CT molecular complexity index is 638. The van der Waals surface area contributed by atoms with Crippen LogP contribution in [0.4, 0.5) is 0 Å². The second-order valence-corrected chi connectivity index (χ2v) is 7.11. The molecule has 0 spiro atoms. The molecule has 2 heterocycles. The number of fused-ring (bicyclic) bond motifs is 1. The normalized spacial score (nSPS) is 16.4. The second kappa shape index (κ2) is 9.04. The number of aromatic amines is 1. The van der Waals surface area contributed by atoms with Crippen LogP contribution in [0, 0.1) is 5.92 Å². The van der Waals surface area contributed by atoms with Gasteiger partial charge in [-0.1, -0.05) is 18.2 Å². The van der Waals surface area contributed by atoms with Gasteiger partial charge in [-0.3, -0.25) is 4.79 Å². The highest BCUT2D eigenvalue weighted by Crippen LogP contribution is 2.24. The Morgan fingerprint density at radius 1 is 1.28 bits per heavy atom. The molecule has 136 valence electrons. The maximum atomic E-state index is 11.4. The number of piperidine rings is 1. The molecule has 4 nitrogen and oxygen atoms in total. The van der Waals surface area contributed by atoms with Crippen molar-refractivity contribution in [2.75, 3.05) is 26.2 Å². The number of carbonyl (C=O) groups excluding carboxylic acids is 1. The molecule has 0 saturated carbocycles. The number of aromatic nitrogens is 1. The summed E-state index contributed by atoms with van der Waals surface area (Å²) in [5.74, 6) is 0.767. The van der Waals surface area contributed by atoms with Crippen LogP contribution in [-0.4, -0.2) is 42.1 Å². The van der Waals surface area contributed by atoms with Crippen LogP contribution in [0.1, 0.15) is 44.7 Å². The van der Waals surface area contributed by atoms with E-state index in [9.17, 15) is 4.79 Å².